The monoisotopic (exact) mass is 480 g/mol. The number of thiophene rings is 1. The van der Waals surface area contributed by atoms with E-state index in [0.29, 0.717) is 13.2 Å². The van der Waals surface area contributed by atoms with E-state index in [2.05, 4.69) is 24.4 Å². The maximum atomic E-state index is 13.6. The Bertz CT molecular complexity index is 1160. The number of hydrogen-bond acceptors (Lipinski definition) is 5. The van der Waals surface area contributed by atoms with E-state index in [9.17, 15) is 9.59 Å². The van der Waals surface area contributed by atoms with Crippen molar-refractivity contribution in [3.8, 4) is 5.75 Å². The molecule has 0 radical (unpaired) electrons. The smallest absolute Gasteiger partial charge is 0.290 e. The maximum Gasteiger partial charge on any atom is 0.290 e. The van der Waals surface area contributed by atoms with Gasteiger partial charge in [0.2, 0.25) is 5.91 Å². The molecular formula is C27H32N2O4S. The minimum Gasteiger partial charge on any atom is -0.491 e. The van der Waals surface area contributed by atoms with Gasteiger partial charge in [0.05, 0.1) is 12.3 Å². The first-order chi connectivity index (χ1) is 16.1. The van der Waals surface area contributed by atoms with Gasteiger partial charge in [0.25, 0.3) is 5.91 Å². The average Bonchev–Trinajstić information content (AvgIpc) is 3.47. The van der Waals surface area contributed by atoms with Crippen molar-refractivity contribution in [2.45, 2.75) is 52.6 Å². The Morgan fingerprint density at radius 2 is 2.00 bits per heavy atom. The van der Waals surface area contributed by atoms with Gasteiger partial charge >= 0.3 is 0 Å². The van der Waals surface area contributed by atoms with Gasteiger partial charge < -0.3 is 19.0 Å². The molecule has 2 aromatic heterocycles. The van der Waals surface area contributed by atoms with Crippen molar-refractivity contribution in [2.24, 2.45) is 0 Å². The fraction of sp³-hybridized carbons (Fsp3) is 0.407. The second kappa shape index (κ2) is 9.66. The van der Waals surface area contributed by atoms with Crippen molar-refractivity contribution in [1.82, 2.24) is 9.80 Å². The molecule has 34 heavy (non-hydrogen) atoms. The molecule has 0 saturated carbocycles. The molecule has 0 N–H and O–H groups in total. The van der Waals surface area contributed by atoms with Crippen LogP contribution in [0.4, 0.5) is 0 Å². The second-order valence-corrected chi connectivity index (χ2v) is 10.8. The van der Waals surface area contributed by atoms with Crippen LogP contribution in [0.25, 0.3) is 0 Å². The van der Waals surface area contributed by atoms with Crippen molar-refractivity contribution in [3.63, 3.8) is 0 Å². The summed E-state index contributed by atoms with van der Waals surface area (Å²) in [6, 6.07) is 11.3. The van der Waals surface area contributed by atoms with Gasteiger partial charge in [-0.3, -0.25) is 9.59 Å². The highest BCUT2D eigenvalue weighted by Crippen LogP contribution is 2.34. The van der Waals surface area contributed by atoms with Gasteiger partial charge in [-0.2, -0.15) is 0 Å². The maximum absolute atomic E-state index is 13.6. The molecule has 1 aliphatic heterocycles. The van der Waals surface area contributed by atoms with Crippen LogP contribution in [0.15, 0.2) is 52.5 Å². The predicted octanol–water partition coefficient (Wildman–Crippen LogP) is 5.40. The molecule has 0 bridgehead atoms. The lowest BCUT2D eigenvalue weighted by atomic mass is 9.99. The van der Waals surface area contributed by atoms with Gasteiger partial charge in [-0.1, -0.05) is 17.7 Å². The van der Waals surface area contributed by atoms with Gasteiger partial charge in [-0.15, -0.1) is 11.3 Å². The molecule has 0 fully saturated rings. The van der Waals surface area contributed by atoms with Crippen molar-refractivity contribution in [1.29, 1.82) is 0 Å². The summed E-state index contributed by atoms with van der Waals surface area (Å²) >= 11 is 1.72. The second-order valence-electron chi connectivity index (χ2n) is 9.77. The summed E-state index contributed by atoms with van der Waals surface area (Å²) in [5, 5.41) is 2.07. The Kier molecular flexibility index (Phi) is 6.84. The quantitative estimate of drug-likeness (QED) is 0.474. The molecule has 7 heteroatoms. The van der Waals surface area contributed by atoms with E-state index in [1.165, 1.54) is 16.7 Å². The minimum atomic E-state index is -0.548. The third kappa shape index (κ3) is 5.04. The van der Waals surface area contributed by atoms with Crippen LogP contribution in [-0.4, -0.2) is 46.8 Å². The van der Waals surface area contributed by atoms with Crippen LogP contribution in [0.1, 0.15) is 58.9 Å². The lowest BCUT2D eigenvalue weighted by Crippen LogP contribution is -2.53. The first kappa shape index (κ1) is 24.1. The molecular weight excluding hydrogens is 448 g/mol. The van der Waals surface area contributed by atoms with Gasteiger partial charge in [-0.05, 0) is 81.8 Å². The number of benzene rings is 1. The fourth-order valence-corrected chi connectivity index (χ4v) is 5.31. The fourth-order valence-electron chi connectivity index (χ4n) is 4.38. The molecule has 3 aromatic rings. The Hall–Kier alpha value is -3.06. The van der Waals surface area contributed by atoms with Gasteiger partial charge in [0.15, 0.2) is 5.76 Å². The molecule has 0 saturated heterocycles. The topological polar surface area (TPSA) is 63.0 Å². The summed E-state index contributed by atoms with van der Waals surface area (Å²) in [6.45, 7) is 10.8. The summed E-state index contributed by atoms with van der Waals surface area (Å²) in [5.41, 5.74) is 2.84. The highest BCUT2D eigenvalue weighted by Gasteiger charge is 2.36. The molecule has 1 aliphatic rings. The lowest BCUT2D eigenvalue weighted by molar-refractivity contribution is -0.136. The van der Waals surface area contributed by atoms with E-state index in [4.69, 9.17) is 9.15 Å². The van der Waals surface area contributed by atoms with E-state index in [1.807, 2.05) is 44.7 Å². The van der Waals surface area contributed by atoms with Crippen LogP contribution in [0, 0.1) is 13.8 Å². The standard InChI is InChI=1S/C27H32N2O4S/c1-18-8-9-22(19(2)15-18)33-17-21-20-11-14-34-24(20)10-12-28(21)25(30)16-29(27(3,4)5)26(31)23-7-6-13-32-23/h6-9,11,13-15,21H,10,12,16-17H2,1-5H3/t21-/m1/s1. The molecule has 3 heterocycles. The van der Waals surface area contributed by atoms with E-state index in [-0.39, 0.29) is 30.2 Å². The van der Waals surface area contributed by atoms with Crippen LogP contribution in [-0.2, 0) is 11.2 Å². The zero-order chi connectivity index (χ0) is 24.5. The molecule has 1 aromatic carbocycles. The lowest BCUT2D eigenvalue weighted by Gasteiger charge is -2.40. The first-order valence-electron chi connectivity index (χ1n) is 11.6. The number of furan rings is 1. The molecule has 0 aliphatic carbocycles. The van der Waals surface area contributed by atoms with Gasteiger partial charge in [0.1, 0.15) is 18.9 Å². The summed E-state index contributed by atoms with van der Waals surface area (Å²) in [4.78, 5) is 31.5. The van der Waals surface area contributed by atoms with Crippen LogP contribution in [0.2, 0.25) is 0 Å². The van der Waals surface area contributed by atoms with Crippen molar-refractivity contribution in [3.05, 3.63) is 75.4 Å². The number of amides is 2. The number of ether oxygens (including phenoxy) is 1. The summed E-state index contributed by atoms with van der Waals surface area (Å²) in [6.07, 6.45) is 2.28. The van der Waals surface area contributed by atoms with Crippen LogP contribution in [0.5, 0.6) is 5.75 Å². The number of carbonyl (C=O) groups is 2. The third-order valence-corrected chi connectivity index (χ3v) is 7.22. The number of aryl methyl sites for hydroxylation is 2. The van der Waals surface area contributed by atoms with Gasteiger partial charge in [-0.25, -0.2) is 0 Å². The van der Waals surface area contributed by atoms with Crippen LogP contribution < -0.4 is 4.74 Å². The summed E-state index contributed by atoms with van der Waals surface area (Å²) < 4.78 is 11.6. The Labute approximate surface area is 205 Å². The number of hydrogen-bond donors (Lipinski definition) is 0. The van der Waals surface area contributed by atoms with Crippen LogP contribution >= 0.6 is 11.3 Å². The highest BCUT2D eigenvalue weighted by molar-refractivity contribution is 7.10. The third-order valence-electron chi connectivity index (χ3n) is 6.22. The first-order valence-corrected chi connectivity index (χ1v) is 12.4. The summed E-state index contributed by atoms with van der Waals surface area (Å²) in [5.74, 6) is 0.670. The van der Waals surface area contributed by atoms with E-state index in [1.54, 1.807) is 28.4 Å². The van der Waals surface area contributed by atoms with E-state index >= 15 is 0 Å². The SMILES string of the molecule is Cc1ccc(OC[C@@H]2c3ccsc3CCN2C(=O)CN(C(=O)c2ccco2)C(C)(C)C)c(C)c1. The van der Waals surface area contributed by atoms with E-state index < -0.39 is 5.54 Å². The van der Waals surface area contributed by atoms with Crippen molar-refractivity contribution >= 4 is 23.2 Å². The summed E-state index contributed by atoms with van der Waals surface area (Å²) in [7, 11) is 0. The normalized spacial score (nSPS) is 15.7. The Morgan fingerprint density at radius 1 is 1.21 bits per heavy atom. The molecule has 4 rings (SSSR count). The number of fused-ring (bicyclic) bond motifs is 1. The molecule has 0 spiro atoms. The van der Waals surface area contributed by atoms with Crippen molar-refractivity contribution in [2.75, 3.05) is 19.7 Å². The molecule has 1 atom stereocenters. The average molecular weight is 481 g/mol. The molecule has 180 valence electrons. The number of rotatable bonds is 6. The van der Waals surface area contributed by atoms with Crippen molar-refractivity contribution < 1.29 is 18.7 Å². The predicted molar refractivity (Wildman–Crippen MR) is 133 cm³/mol. The van der Waals surface area contributed by atoms with Crippen LogP contribution in [0.3, 0.4) is 0 Å². The number of carbonyl (C=O) groups excluding carboxylic acids is 2. The van der Waals surface area contributed by atoms with E-state index in [0.717, 1.165) is 23.3 Å². The molecule has 6 nitrogen and oxygen atoms in total. The Balaban J connectivity index is 1.56. The minimum absolute atomic E-state index is 0.0252. The molecule has 0 unspecified atom stereocenters. The Morgan fingerprint density at radius 3 is 2.68 bits per heavy atom. The number of nitrogens with zero attached hydrogens (tertiary/aromatic N) is 2. The zero-order valence-electron chi connectivity index (χ0n) is 20.5. The van der Waals surface area contributed by atoms with Gasteiger partial charge in [0, 0.05) is 17.0 Å². The molecule has 2 amide bonds. The zero-order valence-corrected chi connectivity index (χ0v) is 21.3. The highest BCUT2D eigenvalue weighted by atomic mass is 32.1. The largest absolute Gasteiger partial charge is 0.491 e.